The zero-order valence-corrected chi connectivity index (χ0v) is 16.8. The summed E-state index contributed by atoms with van der Waals surface area (Å²) in [5.74, 6) is 0.297. The molecule has 5 nitrogen and oxygen atoms in total. The van der Waals surface area contributed by atoms with Gasteiger partial charge in [0.15, 0.2) is 0 Å². The van der Waals surface area contributed by atoms with Crippen LogP contribution in [0.5, 0.6) is 0 Å². The Morgan fingerprint density at radius 2 is 1.89 bits per heavy atom. The molecule has 3 aromatic rings. The van der Waals surface area contributed by atoms with Gasteiger partial charge in [0.25, 0.3) is 0 Å². The molecule has 28 heavy (non-hydrogen) atoms. The van der Waals surface area contributed by atoms with Crippen molar-refractivity contribution in [3.63, 3.8) is 0 Å². The summed E-state index contributed by atoms with van der Waals surface area (Å²) in [6, 6.07) is 12.1. The molecular weight excluding hydrogens is 402 g/mol. The number of nitrogens with zero attached hydrogens (tertiary/aromatic N) is 1. The van der Waals surface area contributed by atoms with Crippen LogP contribution in [0.4, 0.5) is 10.1 Å². The van der Waals surface area contributed by atoms with Gasteiger partial charge in [-0.15, -0.1) is 24.8 Å². The highest BCUT2D eigenvalue weighted by atomic mass is 35.5. The number of halogens is 3. The Morgan fingerprint density at radius 1 is 1.18 bits per heavy atom. The number of hydrogen-bond donors (Lipinski definition) is 3. The van der Waals surface area contributed by atoms with E-state index in [1.54, 1.807) is 18.2 Å². The highest BCUT2D eigenvalue weighted by Crippen LogP contribution is 2.29. The third kappa shape index (κ3) is 4.46. The van der Waals surface area contributed by atoms with Gasteiger partial charge >= 0.3 is 0 Å². The molecule has 4 rings (SSSR count). The molecule has 0 bridgehead atoms. The van der Waals surface area contributed by atoms with E-state index < -0.39 is 5.54 Å². The van der Waals surface area contributed by atoms with E-state index in [9.17, 15) is 9.18 Å². The summed E-state index contributed by atoms with van der Waals surface area (Å²) in [5.41, 5.74) is 8.28. The molecule has 0 atom stereocenters. The molecule has 1 amide bonds. The first-order valence-corrected chi connectivity index (χ1v) is 8.86. The minimum absolute atomic E-state index is 0. The maximum absolute atomic E-state index is 13.8. The van der Waals surface area contributed by atoms with E-state index in [-0.39, 0.29) is 36.5 Å². The van der Waals surface area contributed by atoms with E-state index in [4.69, 9.17) is 5.73 Å². The third-order valence-electron chi connectivity index (χ3n) is 5.05. The van der Waals surface area contributed by atoms with E-state index in [0.29, 0.717) is 23.5 Å². The van der Waals surface area contributed by atoms with Gasteiger partial charge in [0, 0.05) is 12.1 Å². The van der Waals surface area contributed by atoms with Gasteiger partial charge in [0.05, 0.1) is 16.6 Å². The summed E-state index contributed by atoms with van der Waals surface area (Å²) in [7, 11) is 0. The summed E-state index contributed by atoms with van der Waals surface area (Å²) in [4.78, 5) is 20.2. The first-order valence-electron chi connectivity index (χ1n) is 8.86. The number of amides is 1. The molecule has 0 aliphatic heterocycles. The van der Waals surface area contributed by atoms with E-state index in [0.717, 1.165) is 36.7 Å². The highest BCUT2D eigenvalue weighted by molar-refractivity contribution is 5.99. The Bertz CT molecular complexity index is 970. The number of imidazole rings is 1. The molecule has 4 N–H and O–H groups in total. The fourth-order valence-corrected chi connectivity index (χ4v) is 3.53. The number of hydrogen-bond acceptors (Lipinski definition) is 3. The Kier molecular flexibility index (Phi) is 7.04. The number of anilines is 1. The number of nitrogens with two attached hydrogens (primary N) is 1. The molecule has 0 radical (unpaired) electrons. The number of benzene rings is 2. The molecule has 8 heteroatoms. The standard InChI is InChI=1S/C20H21FN4O.2ClH/c21-15-6-2-1-5-13(15)11-18-24-16-8-7-14(12-17(16)25-18)23-19(26)20(22)9-3-4-10-20;;/h1-2,5-8,12H,3-4,9-11,22H2,(H,23,26)(H,24,25);2*1H. The Morgan fingerprint density at radius 3 is 2.61 bits per heavy atom. The number of rotatable bonds is 4. The van der Waals surface area contributed by atoms with Gasteiger partial charge in [-0.2, -0.15) is 0 Å². The molecular formula is C20H23Cl2FN4O. The lowest BCUT2D eigenvalue weighted by molar-refractivity contribution is -0.121. The zero-order chi connectivity index (χ0) is 18.1. The number of nitrogens with one attached hydrogen (secondary N) is 2. The molecule has 2 aromatic carbocycles. The number of H-pyrrole nitrogens is 1. The number of carbonyl (C=O) groups is 1. The Labute approximate surface area is 175 Å². The van der Waals surface area contributed by atoms with E-state index in [1.807, 2.05) is 18.2 Å². The summed E-state index contributed by atoms with van der Waals surface area (Å²) in [6.07, 6.45) is 3.80. The second kappa shape index (κ2) is 8.90. The summed E-state index contributed by atoms with van der Waals surface area (Å²) >= 11 is 0. The molecule has 0 saturated heterocycles. The van der Waals surface area contributed by atoms with E-state index >= 15 is 0 Å². The zero-order valence-electron chi connectivity index (χ0n) is 15.2. The lowest BCUT2D eigenvalue weighted by Gasteiger charge is -2.22. The van der Waals surface area contributed by atoms with Crippen LogP contribution in [0, 0.1) is 5.82 Å². The monoisotopic (exact) mass is 424 g/mol. The van der Waals surface area contributed by atoms with Crippen molar-refractivity contribution in [1.29, 1.82) is 0 Å². The van der Waals surface area contributed by atoms with Crippen LogP contribution < -0.4 is 11.1 Å². The maximum Gasteiger partial charge on any atom is 0.244 e. The number of fused-ring (bicyclic) bond motifs is 1. The number of aromatic amines is 1. The summed E-state index contributed by atoms with van der Waals surface area (Å²) in [5, 5.41) is 2.91. The van der Waals surface area contributed by atoms with Crippen LogP contribution in [0.2, 0.25) is 0 Å². The molecule has 1 heterocycles. The fourth-order valence-electron chi connectivity index (χ4n) is 3.53. The first kappa shape index (κ1) is 22.1. The van der Waals surface area contributed by atoms with Crippen LogP contribution >= 0.6 is 24.8 Å². The summed E-state index contributed by atoms with van der Waals surface area (Å²) < 4.78 is 13.8. The second-order valence-corrected chi connectivity index (χ2v) is 7.00. The molecule has 1 aromatic heterocycles. The van der Waals surface area contributed by atoms with E-state index in [1.165, 1.54) is 6.07 Å². The number of aromatic nitrogens is 2. The van der Waals surface area contributed by atoms with Crippen molar-refractivity contribution in [1.82, 2.24) is 9.97 Å². The largest absolute Gasteiger partial charge is 0.342 e. The predicted molar refractivity (Wildman–Crippen MR) is 114 cm³/mol. The van der Waals surface area contributed by atoms with Gasteiger partial charge in [-0.1, -0.05) is 31.0 Å². The molecule has 1 aliphatic carbocycles. The van der Waals surface area contributed by atoms with E-state index in [2.05, 4.69) is 15.3 Å². The van der Waals surface area contributed by atoms with Gasteiger partial charge in [-0.25, -0.2) is 9.37 Å². The van der Waals surface area contributed by atoms with Crippen molar-refractivity contribution in [3.8, 4) is 0 Å². The average Bonchev–Trinajstić information content (AvgIpc) is 3.23. The van der Waals surface area contributed by atoms with Crippen molar-refractivity contribution >= 4 is 47.4 Å². The average molecular weight is 425 g/mol. The molecule has 0 unspecified atom stereocenters. The van der Waals surface area contributed by atoms with Crippen LogP contribution in [0.25, 0.3) is 11.0 Å². The smallest absolute Gasteiger partial charge is 0.244 e. The van der Waals surface area contributed by atoms with Crippen LogP contribution in [-0.2, 0) is 11.2 Å². The van der Waals surface area contributed by atoms with Crippen LogP contribution in [0.1, 0.15) is 37.1 Å². The van der Waals surface area contributed by atoms with Crippen LogP contribution in [0.15, 0.2) is 42.5 Å². The van der Waals surface area contributed by atoms with Gasteiger partial charge in [0.1, 0.15) is 11.6 Å². The summed E-state index contributed by atoms with van der Waals surface area (Å²) in [6.45, 7) is 0. The van der Waals surface area contributed by atoms with Gasteiger partial charge in [0.2, 0.25) is 5.91 Å². The van der Waals surface area contributed by atoms with Crippen molar-refractivity contribution in [2.24, 2.45) is 5.73 Å². The topological polar surface area (TPSA) is 83.8 Å². The lowest BCUT2D eigenvalue weighted by Crippen LogP contribution is -2.48. The molecule has 1 saturated carbocycles. The molecule has 150 valence electrons. The minimum Gasteiger partial charge on any atom is -0.342 e. The Hall–Kier alpha value is -2.15. The quantitative estimate of drug-likeness (QED) is 0.581. The van der Waals surface area contributed by atoms with Crippen molar-refractivity contribution in [2.45, 2.75) is 37.6 Å². The van der Waals surface area contributed by atoms with Crippen molar-refractivity contribution < 1.29 is 9.18 Å². The van der Waals surface area contributed by atoms with Crippen LogP contribution in [0.3, 0.4) is 0 Å². The predicted octanol–water partition coefficient (Wildman–Crippen LogP) is 4.35. The van der Waals surface area contributed by atoms with Crippen molar-refractivity contribution in [3.05, 3.63) is 59.7 Å². The Balaban J connectivity index is 0.00000140. The second-order valence-electron chi connectivity index (χ2n) is 7.00. The van der Waals surface area contributed by atoms with Gasteiger partial charge < -0.3 is 16.0 Å². The van der Waals surface area contributed by atoms with Crippen LogP contribution in [-0.4, -0.2) is 21.4 Å². The van der Waals surface area contributed by atoms with Crippen molar-refractivity contribution in [2.75, 3.05) is 5.32 Å². The van der Waals surface area contributed by atoms with Gasteiger partial charge in [-0.05, 0) is 42.7 Å². The lowest BCUT2D eigenvalue weighted by atomic mass is 9.98. The molecule has 0 spiro atoms. The fraction of sp³-hybridized carbons (Fsp3) is 0.300. The number of carbonyl (C=O) groups excluding carboxylic acids is 1. The minimum atomic E-state index is -0.765. The molecule has 1 fully saturated rings. The SMILES string of the molecule is Cl.Cl.NC1(C(=O)Nc2ccc3nc(Cc4ccccc4F)[nH]c3c2)CCCC1. The molecule has 1 aliphatic rings. The first-order chi connectivity index (χ1) is 12.5. The third-order valence-corrected chi connectivity index (χ3v) is 5.05. The van der Waals surface area contributed by atoms with Gasteiger partial charge in [-0.3, -0.25) is 4.79 Å². The maximum atomic E-state index is 13.8. The normalized spacial score (nSPS) is 14.9. The highest BCUT2D eigenvalue weighted by Gasteiger charge is 2.36.